The van der Waals surface area contributed by atoms with Crippen LogP contribution in [0.5, 0.6) is 0 Å². The summed E-state index contributed by atoms with van der Waals surface area (Å²) in [7, 11) is -3.55. The van der Waals surface area contributed by atoms with Gasteiger partial charge in [0.05, 0.1) is 17.8 Å². The fourth-order valence-electron chi connectivity index (χ4n) is 2.41. The highest BCUT2D eigenvalue weighted by molar-refractivity contribution is 7.86. The number of carbonyl (C=O) groups is 1. The second-order valence-electron chi connectivity index (χ2n) is 5.38. The van der Waals surface area contributed by atoms with Crippen molar-refractivity contribution in [2.45, 2.75) is 31.8 Å². The zero-order chi connectivity index (χ0) is 14.3. The Labute approximate surface area is 113 Å². The van der Waals surface area contributed by atoms with E-state index < -0.39 is 15.7 Å². The monoisotopic (exact) mass is 283 g/mol. The predicted molar refractivity (Wildman–Crippen MR) is 72.4 cm³/mol. The lowest BCUT2D eigenvalue weighted by molar-refractivity contribution is -0.118. The number of nitrogens with one attached hydrogen (secondary N) is 1. The van der Waals surface area contributed by atoms with Gasteiger partial charge in [0.1, 0.15) is 0 Å². The van der Waals surface area contributed by atoms with Crippen LogP contribution in [0, 0.1) is 0 Å². The molecule has 1 atom stereocenters. The summed E-state index contributed by atoms with van der Waals surface area (Å²) in [5, 5.41) is 2.79. The highest BCUT2D eigenvalue weighted by Crippen LogP contribution is 2.38. The summed E-state index contributed by atoms with van der Waals surface area (Å²) in [6.07, 6.45) is 1.32. The molecule has 0 bridgehead atoms. The lowest BCUT2D eigenvalue weighted by atomic mass is 9.89. The summed E-state index contributed by atoms with van der Waals surface area (Å²) in [6.45, 7) is 3.34. The third kappa shape index (κ3) is 3.33. The van der Waals surface area contributed by atoms with Crippen molar-refractivity contribution in [2.75, 3.05) is 11.6 Å². The molecule has 0 aliphatic carbocycles. The lowest BCUT2D eigenvalue weighted by Crippen LogP contribution is -2.31. The lowest BCUT2D eigenvalue weighted by Gasteiger charge is -2.26. The van der Waals surface area contributed by atoms with Gasteiger partial charge in [-0.15, -0.1) is 0 Å². The van der Waals surface area contributed by atoms with Crippen molar-refractivity contribution in [3.05, 3.63) is 29.8 Å². The van der Waals surface area contributed by atoms with Gasteiger partial charge in [-0.05, 0) is 31.9 Å². The van der Waals surface area contributed by atoms with Crippen molar-refractivity contribution in [1.29, 1.82) is 0 Å². The number of hydrogen-bond donors (Lipinski definition) is 1. The molecule has 1 N–H and O–H groups in total. The maximum Gasteiger partial charge on any atom is 0.264 e. The Balaban J connectivity index is 2.22. The number of carbonyl (C=O) groups excluding carboxylic acids is 1. The quantitative estimate of drug-likeness (QED) is 0.856. The zero-order valence-corrected chi connectivity index (χ0v) is 12.0. The molecule has 1 unspecified atom stereocenters. The molecule has 1 aliphatic heterocycles. The molecule has 0 aromatic heterocycles. The smallest absolute Gasteiger partial charge is 0.264 e. The van der Waals surface area contributed by atoms with E-state index in [1.807, 2.05) is 24.3 Å². The first kappa shape index (κ1) is 14.0. The molecule has 5 nitrogen and oxygen atoms in total. The Bertz CT molecular complexity index is 607. The molecule has 0 saturated heterocycles. The predicted octanol–water partition coefficient (Wildman–Crippen LogP) is 1.87. The molecule has 1 amide bonds. The van der Waals surface area contributed by atoms with Gasteiger partial charge in [0.2, 0.25) is 5.91 Å². The number of anilines is 1. The number of benzene rings is 1. The fourth-order valence-corrected chi connectivity index (χ4v) is 3.30. The molecule has 6 heteroatoms. The molecule has 0 fully saturated rings. The van der Waals surface area contributed by atoms with E-state index in [9.17, 15) is 13.2 Å². The first-order chi connectivity index (χ1) is 8.68. The standard InChI is InChI=1S/C13H17NO4S/c1-13(2,18-19(3,16)17)8-10-9-6-4-5-7-11(9)14-12(10)15/h4-7,10H,8H2,1-3H3,(H,14,15). The largest absolute Gasteiger partial charge is 0.325 e. The number of para-hydroxylation sites is 1. The molecule has 1 heterocycles. The van der Waals surface area contributed by atoms with E-state index in [1.165, 1.54) is 0 Å². The van der Waals surface area contributed by atoms with Gasteiger partial charge in [-0.25, -0.2) is 0 Å². The third-order valence-corrected chi connectivity index (χ3v) is 3.74. The van der Waals surface area contributed by atoms with Gasteiger partial charge in [-0.3, -0.25) is 8.98 Å². The van der Waals surface area contributed by atoms with Crippen molar-refractivity contribution < 1.29 is 17.4 Å². The maximum absolute atomic E-state index is 12.0. The Morgan fingerprint density at radius 2 is 1.95 bits per heavy atom. The second-order valence-corrected chi connectivity index (χ2v) is 6.96. The number of hydrogen-bond acceptors (Lipinski definition) is 4. The molecule has 0 radical (unpaired) electrons. The van der Waals surface area contributed by atoms with Crippen molar-refractivity contribution in [3.8, 4) is 0 Å². The fraction of sp³-hybridized carbons (Fsp3) is 0.462. The van der Waals surface area contributed by atoms with Crippen LogP contribution in [0.25, 0.3) is 0 Å². The van der Waals surface area contributed by atoms with Crippen LogP contribution in [0.1, 0.15) is 31.7 Å². The topological polar surface area (TPSA) is 72.5 Å². The van der Waals surface area contributed by atoms with Crippen LogP contribution in [0.15, 0.2) is 24.3 Å². The SMILES string of the molecule is CC(C)(CC1C(=O)Nc2ccccc21)OS(C)(=O)=O. The Hall–Kier alpha value is -1.40. The van der Waals surface area contributed by atoms with Gasteiger partial charge < -0.3 is 5.32 Å². The molecule has 1 aromatic rings. The molecule has 1 aliphatic rings. The minimum Gasteiger partial charge on any atom is -0.325 e. The Morgan fingerprint density at radius 1 is 1.32 bits per heavy atom. The summed E-state index contributed by atoms with van der Waals surface area (Å²) in [4.78, 5) is 12.0. The molecule has 2 rings (SSSR count). The van der Waals surface area contributed by atoms with Crippen LogP contribution >= 0.6 is 0 Å². The summed E-state index contributed by atoms with van der Waals surface area (Å²) in [5.41, 5.74) is 0.748. The zero-order valence-electron chi connectivity index (χ0n) is 11.1. The van der Waals surface area contributed by atoms with E-state index >= 15 is 0 Å². The molecule has 19 heavy (non-hydrogen) atoms. The summed E-state index contributed by atoms with van der Waals surface area (Å²) in [6, 6.07) is 7.41. The minimum atomic E-state index is -3.55. The van der Waals surface area contributed by atoms with Gasteiger partial charge in [0.15, 0.2) is 0 Å². The molecular weight excluding hydrogens is 266 g/mol. The van der Waals surface area contributed by atoms with Crippen molar-refractivity contribution >= 4 is 21.7 Å². The highest BCUT2D eigenvalue weighted by atomic mass is 32.2. The van der Waals surface area contributed by atoms with E-state index in [4.69, 9.17) is 4.18 Å². The molecule has 104 valence electrons. The number of rotatable bonds is 4. The summed E-state index contributed by atoms with van der Waals surface area (Å²) in [5.74, 6) is -0.501. The second kappa shape index (κ2) is 4.61. The van der Waals surface area contributed by atoms with Crippen LogP contribution in [-0.2, 0) is 19.1 Å². The van der Waals surface area contributed by atoms with E-state index in [0.29, 0.717) is 6.42 Å². The van der Waals surface area contributed by atoms with Crippen LogP contribution < -0.4 is 5.32 Å². The van der Waals surface area contributed by atoms with Gasteiger partial charge >= 0.3 is 0 Å². The molecule has 0 spiro atoms. The molecule has 0 saturated carbocycles. The van der Waals surface area contributed by atoms with Crippen molar-refractivity contribution in [3.63, 3.8) is 0 Å². The number of amides is 1. The van der Waals surface area contributed by atoms with Crippen LogP contribution in [0.2, 0.25) is 0 Å². The summed E-state index contributed by atoms with van der Waals surface area (Å²) >= 11 is 0. The maximum atomic E-state index is 12.0. The van der Waals surface area contributed by atoms with Gasteiger partial charge in [0, 0.05) is 5.69 Å². The average molecular weight is 283 g/mol. The van der Waals surface area contributed by atoms with Gasteiger partial charge in [-0.1, -0.05) is 18.2 Å². The van der Waals surface area contributed by atoms with E-state index in [2.05, 4.69) is 5.32 Å². The van der Waals surface area contributed by atoms with Crippen molar-refractivity contribution in [2.24, 2.45) is 0 Å². The molecular formula is C13H17NO4S. The normalized spacial score (nSPS) is 19.1. The van der Waals surface area contributed by atoms with E-state index in [0.717, 1.165) is 17.5 Å². The first-order valence-electron chi connectivity index (χ1n) is 5.98. The number of fused-ring (bicyclic) bond motifs is 1. The first-order valence-corrected chi connectivity index (χ1v) is 7.80. The average Bonchev–Trinajstić information content (AvgIpc) is 2.52. The molecule has 1 aromatic carbocycles. The van der Waals surface area contributed by atoms with Gasteiger partial charge in [-0.2, -0.15) is 8.42 Å². The van der Waals surface area contributed by atoms with Crippen LogP contribution in [0.3, 0.4) is 0 Å². The third-order valence-electron chi connectivity index (χ3n) is 2.98. The van der Waals surface area contributed by atoms with Gasteiger partial charge in [0.25, 0.3) is 10.1 Å². The summed E-state index contributed by atoms with van der Waals surface area (Å²) < 4.78 is 27.5. The highest BCUT2D eigenvalue weighted by Gasteiger charge is 2.37. The van der Waals surface area contributed by atoms with Crippen molar-refractivity contribution in [1.82, 2.24) is 0 Å². The minimum absolute atomic E-state index is 0.119. The Morgan fingerprint density at radius 3 is 2.58 bits per heavy atom. The van der Waals surface area contributed by atoms with Crippen LogP contribution in [0.4, 0.5) is 5.69 Å². The Kier molecular flexibility index (Phi) is 3.40. The van der Waals surface area contributed by atoms with E-state index in [1.54, 1.807) is 13.8 Å². The van der Waals surface area contributed by atoms with Crippen LogP contribution in [-0.4, -0.2) is 26.2 Å². The van der Waals surface area contributed by atoms with E-state index in [-0.39, 0.29) is 11.8 Å².